The molecule has 2 heterocycles. The molecule has 0 saturated heterocycles. The van der Waals surface area contributed by atoms with Crippen LogP contribution in [0.3, 0.4) is 0 Å². The van der Waals surface area contributed by atoms with Gasteiger partial charge in [0.05, 0.1) is 10.2 Å². The van der Waals surface area contributed by atoms with Gasteiger partial charge in [0, 0.05) is 12.4 Å². The molecule has 0 bridgehead atoms. The Labute approximate surface area is 106 Å². The summed E-state index contributed by atoms with van der Waals surface area (Å²) in [5, 5.41) is 12.4. The molecule has 7 heteroatoms. The second-order valence-corrected chi connectivity index (χ2v) is 4.58. The van der Waals surface area contributed by atoms with Crippen molar-refractivity contribution in [2.24, 2.45) is 10.9 Å². The molecule has 0 atom stereocenters. The van der Waals surface area contributed by atoms with E-state index < -0.39 is 0 Å². The summed E-state index contributed by atoms with van der Waals surface area (Å²) in [6, 6.07) is 7.83. The lowest BCUT2D eigenvalue weighted by molar-refractivity contribution is 0.318. The fourth-order valence-corrected chi connectivity index (χ4v) is 2.61. The monoisotopic (exact) mass is 259 g/mol. The Morgan fingerprint density at radius 2 is 2.22 bits per heavy atom. The number of nitrogens with zero attached hydrogens (tertiary/aromatic N) is 4. The Kier molecular flexibility index (Phi) is 2.45. The molecular formula is C11H9N5OS. The number of aromatic nitrogens is 3. The van der Waals surface area contributed by atoms with E-state index in [0.717, 1.165) is 15.3 Å². The normalized spacial score (nSPS) is 12.1. The number of thiazole rings is 1. The summed E-state index contributed by atoms with van der Waals surface area (Å²) < 4.78 is 2.77. The van der Waals surface area contributed by atoms with Crippen LogP contribution in [0.25, 0.3) is 15.3 Å². The third-order valence-electron chi connectivity index (χ3n) is 2.47. The molecule has 3 N–H and O–H groups in total. The van der Waals surface area contributed by atoms with E-state index in [1.165, 1.54) is 11.3 Å². The summed E-state index contributed by atoms with van der Waals surface area (Å²) in [5.41, 5.74) is 6.48. The first-order chi connectivity index (χ1) is 8.79. The number of nitrogens with two attached hydrogens (primary N) is 1. The molecule has 3 rings (SSSR count). The van der Waals surface area contributed by atoms with E-state index in [4.69, 9.17) is 10.9 Å². The molecule has 0 radical (unpaired) electrons. The molecule has 6 nitrogen and oxygen atoms in total. The van der Waals surface area contributed by atoms with E-state index >= 15 is 0 Å². The molecule has 2 aromatic heterocycles. The average molecular weight is 259 g/mol. The number of para-hydroxylation sites is 1. The summed E-state index contributed by atoms with van der Waals surface area (Å²) in [6.45, 7) is 0. The predicted molar refractivity (Wildman–Crippen MR) is 69.3 cm³/mol. The van der Waals surface area contributed by atoms with Gasteiger partial charge in [0.25, 0.3) is 0 Å². The fraction of sp³-hybridized carbons (Fsp3) is 0. The van der Waals surface area contributed by atoms with E-state index in [1.807, 2.05) is 24.3 Å². The maximum atomic E-state index is 8.71. The van der Waals surface area contributed by atoms with E-state index in [-0.39, 0.29) is 5.84 Å². The van der Waals surface area contributed by atoms with E-state index in [1.54, 1.807) is 17.0 Å². The van der Waals surface area contributed by atoms with Crippen molar-refractivity contribution in [3.8, 4) is 5.13 Å². The highest BCUT2D eigenvalue weighted by Crippen LogP contribution is 2.25. The average Bonchev–Trinajstić information content (AvgIpc) is 3.03. The largest absolute Gasteiger partial charge is 0.409 e. The van der Waals surface area contributed by atoms with Crippen LogP contribution in [-0.4, -0.2) is 25.6 Å². The lowest BCUT2D eigenvalue weighted by Crippen LogP contribution is -2.18. The molecule has 0 aliphatic heterocycles. The summed E-state index contributed by atoms with van der Waals surface area (Å²) in [7, 11) is 0. The maximum Gasteiger partial charge on any atom is 0.206 e. The van der Waals surface area contributed by atoms with Crippen LogP contribution in [0.4, 0.5) is 0 Å². The second kappa shape index (κ2) is 4.11. The van der Waals surface area contributed by atoms with Crippen molar-refractivity contribution >= 4 is 27.4 Å². The minimum atomic E-state index is -0.0424. The Morgan fingerprint density at radius 1 is 1.39 bits per heavy atom. The quantitative estimate of drug-likeness (QED) is 0.316. The molecule has 0 saturated carbocycles. The number of rotatable bonds is 2. The highest BCUT2D eigenvalue weighted by Gasteiger charge is 2.12. The van der Waals surface area contributed by atoms with Crippen LogP contribution in [0, 0.1) is 0 Å². The number of oxime groups is 1. The van der Waals surface area contributed by atoms with Crippen molar-refractivity contribution < 1.29 is 5.21 Å². The van der Waals surface area contributed by atoms with E-state index in [0.29, 0.717) is 5.82 Å². The van der Waals surface area contributed by atoms with Crippen LogP contribution in [0.1, 0.15) is 5.82 Å². The minimum Gasteiger partial charge on any atom is -0.409 e. The molecule has 0 aliphatic carbocycles. The zero-order chi connectivity index (χ0) is 12.5. The Bertz CT molecular complexity index is 697. The lowest BCUT2D eigenvalue weighted by Gasteiger charge is -2.01. The Balaban J connectivity index is 2.18. The smallest absolute Gasteiger partial charge is 0.206 e. The van der Waals surface area contributed by atoms with E-state index in [9.17, 15) is 0 Å². The zero-order valence-electron chi connectivity index (χ0n) is 9.19. The van der Waals surface area contributed by atoms with Crippen molar-refractivity contribution in [3.05, 3.63) is 42.5 Å². The molecule has 1 aromatic carbocycles. The zero-order valence-corrected chi connectivity index (χ0v) is 10.0. The summed E-state index contributed by atoms with van der Waals surface area (Å²) in [6.07, 6.45) is 3.31. The molecule has 90 valence electrons. The SMILES string of the molecule is NC(=NO)c1nccn1-c1nc2ccccc2s1. The van der Waals surface area contributed by atoms with Crippen LogP contribution in [0.2, 0.25) is 0 Å². The molecule has 0 fully saturated rings. The lowest BCUT2D eigenvalue weighted by atomic mass is 10.3. The van der Waals surface area contributed by atoms with Gasteiger partial charge in [-0.05, 0) is 12.1 Å². The standard InChI is InChI=1S/C11H9N5OS/c12-9(15-17)10-13-5-6-16(10)11-14-7-3-1-2-4-8(7)18-11/h1-6,17H,(H2,12,15). The van der Waals surface area contributed by atoms with Crippen LogP contribution in [-0.2, 0) is 0 Å². The number of fused-ring (bicyclic) bond motifs is 1. The Morgan fingerprint density at radius 3 is 3.00 bits per heavy atom. The van der Waals surface area contributed by atoms with Crippen LogP contribution in [0.5, 0.6) is 0 Å². The van der Waals surface area contributed by atoms with Gasteiger partial charge in [-0.1, -0.05) is 28.6 Å². The van der Waals surface area contributed by atoms with Crippen molar-refractivity contribution in [3.63, 3.8) is 0 Å². The molecule has 0 amide bonds. The van der Waals surface area contributed by atoms with Gasteiger partial charge in [-0.15, -0.1) is 0 Å². The summed E-state index contributed by atoms with van der Waals surface area (Å²) in [4.78, 5) is 8.53. The predicted octanol–water partition coefficient (Wildman–Crippen LogP) is 1.58. The number of benzene rings is 1. The first-order valence-electron chi connectivity index (χ1n) is 5.17. The first kappa shape index (κ1) is 10.7. The first-order valence-corrected chi connectivity index (χ1v) is 5.98. The Hall–Kier alpha value is -2.41. The molecule has 0 unspecified atom stereocenters. The van der Waals surface area contributed by atoms with Crippen LogP contribution < -0.4 is 5.73 Å². The van der Waals surface area contributed by atoms with Crippen molar-refractivity contribution in [2.45, 2.75) is 0 Å². The minimum absolute atomic E-state index is 0.0424. The molecular weight excluding hydrogens is 250 g/mol. The van der Waals surface area contributed by atoms with Crippen molar-refractivity contribution in [1.82, 2.24) is 14.5 Å². The van der Waals surface area contributed by atoms with Crippen molar-refractivity contribution in [1.29, 1.82) is 0 Å². The molecule has 0 spiro atoms. The summed E-state index contributed by atoms with van der Waals surface area (Å²) in [5.74, 6) is 0.329. The van der Waals surface area contributed by atoms with Gasteiger partial charge < -0.3 is 10.9 Å². The highest BCUT2D eigenvalue weighted by atomic mass is 32.1. The van der Waals surface area contributed by atoms with Gasteiger partial charge in [0.2, 0.25) is 5.84 Å². The number of amidine groups is 1. The third-order valence-corrected chi connectivity index (χ3v) is 3.50. The van der Waals surface area contributed by atoms with Gasteiger partial charge in [-0.2, -0.15) is 0 Å². The topological polar surface area (TPSA) is 89.3 Å². The number of imidazole rings is 1. The van der Waals surface area contributed by atoms with Crippen molar-refractivity contribution in [2.75, 3.05) is 0 Å². The van der Waals surface area contributed by atoms with Gasteiger partial charge in [-0.25, -0.2) is 9.97 Å². The number of hydrogen-bond donors (Lipinski definition) is 2. The van der Waals surface area contributed by atoms with Gasteiger partial charge >= 0.3 is 0 Å². The molecule has 0 aliphatic rings. The maximum absolute atomic E-state index is 8.71. The van der Waals surface area contributed by atoms with Crippen LogP contribution >= 0.6 is 11.3 Å². The third kappa shape index (κ3) is 1.61. The highest BCUT2D eigenvalue weighted by molar-refractivity contribution is 7.20. The molecule has 18 heavy (non-hydrogen) atoms. The van der Waals surface area contributed by atoms with Gasteiger partial charge in [0.15, 0.2) is 11.0 Å². The second-order valence-electron chi connectivity index (χ2n) is 3.57. The van der Waals surface area contributed by atoms with Gasteiger partial charge in [0.1, 0.15) is 0 Å². The number of hydrogen-bond acceptors (Lipinski definition) is 5. The van der Waals surface area contributed by atoms with Gasteiger partial charge in [-0.3, -0.25) is 4.57 Å². The fourth-order valence-electron chi connectivity index (χ4n) is 1.66. The van der Waals surface area contributed by atoms with E-state index in [2.05, 4.69) is 15.1 Å². The van der Waals surface area contributed by atoms with Crippen LogP contribution in [0.15, 0.2) is 41.8 Å². The molecule has 3 aromatic rings. The summed E-state index contributed by atoms with van der Waals surface area (Å²) >= 11 is 1.52.